The van der Waals surface area contributed by atoms with Gasteiger partial charge in [0.1, 0.15) is 0 Å². The lowest BCUT2D eigenvalue weighted by Crippen LogP contribution is -2.47. The van der Waals surface area contributed by atoms with Gasteiger partial charge in [0, 0.05) is 27.2 Å². The number of rotatable bonds is 8. The number of methoxy groups -OCH3 is 1. The monoisotopic (exact) mass is 396 g/mol. The first kappa shape index (κ1) is 20.1. The lowest BCUT2D eigenvalue weighted by atomic mass is 9.96. The molecular weight excluding hydrogens is 368 g/mol. The van der Waals surface area contributed by atoms with E-state index in [-0.39, 0.29) is 23.6 Å². The standard InChI is InChI=1S/C18H28N4O4S/c1-19-18(22-16-11-14-6-7-17(16)26-14)20-12-13-4-3-5-15(10-13)27(23,24)21-8-9-25-2/h3-5,10,14,16-17,21H,6-9,11-12H2,1-2H3,(H2,19,20,22). The van der Waals surface area contributed by atoms with Gasteiger partial charge in [0.15, 0.2) is 5.96 Å². The zero-order valence-corrected chi connectivity index (χ0v) is 16.6. The van der Waals surface area contributed by atoms with Crippen molar-refractivity contribution in [3.63, 3.8) is 0 Å². The van der Waals surface area contributed by atoms with Crippen LogP contribution in [0.4, 0.5) is 0 Å². The fourth-order valence-electron chi connectivity index (χ4n) is 3.53. The van der Waals surface area contributed by atoms with Crippen LogP contribution in [0.3, 0.4) is 0 Å². The molecule has 3 unspecified atom stereocenters. The average Bonchev–Trinajstić information content (AvgIpc) is 3.28. The number of fused-ring (bicyclic) bond motifs is 2. The number of guanidine groups is 1. The quantitative estimate of drug-likeness (QED) is 0.338. The van der Waals surface area contributed by atoms with Gasteiger partial charge in [-0.2, -0.15) is 0 Å². The van der Waals surface area contributed by atoms with Gasteiger partial charge in [-0.3, -0.25) is 4.99 Å². The van der Waals surface area contributed by atoms with Gasteiger partial charge >= 0.3 is 0 Å². The molecule has 2 fully saturated rings. The molecule has 0 radical (unpaired) electrons. The fourth-order valence-corrected chi connectivity index (χ4v) is 4.61. The smallest absolute Gasteiger partial charge is 0.240 e. The molecule has 3 rings (SSSR count). The van der Waals surface area contributed by atoms with E-state index in [0.717, 1.165) is 24.8 Å². The Morgan fingerprint density at radius 3 is 2.89 bits per heavy atom. The molecular formula is C18H28N4O4S. The Morgan fingerprint density at radius 1 is 1.37 bits per heavy atom. The first-order valence-electron chi connectivity index (χ1n) is 9.22. The molecule has 0 spiro atoms. The molecule has 2 heterocycles. The Morgan fingerprint density at radius 2 is 2.22 bits per heavy atom. The molecule has 2 aliphatic rings. The highest BCUT2D eigenvalue weighted by Gasteiger charge is 2.41. The minimum Gasteiger partial charge on any atom is -0.383 e. The van der Waals surface area contributed by atoms with Crippen LogP contribution in [0.15, 0.2) is 34.2 Å². The number of ether oxygens (including phenoxy) is 2. The average molecular weight is 397 g/mol. The molecule has 27 heavy (non-hydrogen) atoms. The first-order valence-corrected chi connectivity index (χ1v) is 10.7. The van der Waals surface area contributed by atoms with E-state index in [1.807, 2.05) is 6.07 Å². The second-order valence-corrected chi connectivity index (χ2v) is 8.59. The maximum Gasteiger partial charge on any atom is 0.240 e. The summed E-state index contributed by atoms with van der Waals surface area (Å²) in [6.45, 7) is 1.04. The van der Waals surface area contributed by atoms with Gasteiger partial charge in [-0.1, -0.05) is 12.1 Å². The Hall–Kier alpha value is -1.68. The molecule has 2 bridgehead atoms. The van der Waals surface area contributed by atoms with Gasteiger partial charge in [0.25, 0.3) is 0 Å². The second kappa shape index (κ2) is 9.01. The summed E-state index contributed by atoms with van der Waals surface area (Å²) in [5.74, 6) is 0.697. The number of sulfonamides is 1. The van der Waals surface area contributed by atoms with Crippen LogP contribution in [0, 0.1) is 0 Å². The SMILES string of the molecule is CN=C(NCc1cccc(S(=O)(=O)NCCOC)c1)NC1CC2CCC1O2. The van der Waals surface area contributed by atoms with Gasteiger partial charge < -0.3 is 20.1 Å². The second-order valence-electron chi connectivity index (χ2n) is 6.82. The predicted molar refractivity (Wildman–Crippen MR) is 103 cm³/mol. The lowest BCUT2D eigenvalue weighted by molar-refractivity contribution is 0.0992. The van der Waals surface area contributed by atoms with Crippen LogP contribution in [0.1, 0.15) is 24.8 Å². The minimum atomic E-state index is -3.54. The zero-order chi connectivity index (χ0) is 19.3. The highest BCUT2D eigenvalue weighted by atomic mass is 32.2. The van der Waals surface area contributed by atoms with E-state index in [9.17, 15) is 8.42 Å². The molecule has 9 heteroatoms. The van der Waals surface area contributed by atoms with Crippen LogP contribution in [0.25, 0.3) is 0 Å². The Balaban J connectivity index is 1.55. The largest absolute Gasteiger partial charge is 0.383 e. The molecule has 8 nitrogen and oxygen atoms in total. The van der Waals surface area contributed by atoms with E-state index in [1.165, 1.54) is 7.11 Å². The summed E-state index contributed by atoms with van der Waals surface area (Å²) in [6.07, 6.45) is 3.88. The summed E-state index contributed by atoms with van der Waals surface area (Å²) < 4.78 is 37.9. The van der Waals surface area contributed by atoms with Crippen LogP contribution in [0.5, 0.6) is 0 Å². The van der Waals surface area contributed by atoms with Crippen molar-refractivity contribution in [1.82, 2.24) is 15.4 Å². The number of nitrogens with one attached hydrogen (secondary N) is 3. The minimum absolute atomic E-state index is 0.238. The predicted octanol–water partition coefficient (Wildman–Crippen LogP) is 0.596. The number of hydrogen-bond donors (Lipinski definition) is 3. The van der Waals surface area contributed by atoms with E-state index >= 15 is 0 Å². The van der Waals surface area contributed by atoms with Crippen molar-refractivity contribution in [2.45, 2.75) is 49.0 Å². The number of hydrogen-bond acceptors (Lipinski definition) is 5. The summed E-state index contributed by atoms with van der Waals surface area (Å²) in [5.41, 5.74) is 0.858. The summed E-state index contributed by atoms with van der Waals surface area (Å²) in [5, 5.41) is 6.67. The molecule has 1 aromatic carbocycles. The molecule has 0 aromatic heterocycles. The van der Waals surface area contributed by atoms with Gasteiger partial charge in [-0.15, -0.1) is 0 Å². The lowest BCUT2D eigenvalue weighted by Gasteiger charge is -2.22. The molecule has 2 saturated heterocycles. The van der Waals surface area contributed by atoms with Gasteiger partial charge in [0.05, 0.1) is 29.8 Å². The van der Waals surface area contributed by atoms with E-state index in [4.69, 9.17) is 9.47 Å². The van der Waals surface area contributed by atoms with Gasteiger partial charge in [-0.05, 0) is 37.0 Å². The van der Waals surface area contributed by atoms with E-state index in [1.54, 1.807) is 25.2 Å². The van der Waals surface area contributed by atoms with Crippen molar-refractivity contribution in [2.75, 3.05) is 27.3 Å². The molecule has 2 aliphatic heterocycles. The van der Waals surface area contributed by atoms with E-state index < -0.39 is 10.0 Å². The topological polar surface area (TPSA) is 101 Å². The zero-order valence-electron chi connectivity index (χ0n) is 15.8. The Kier molecular flexibility index (Phi) is 6.69. The number of nitrogens with zero attached hydrogens (tertiary/aromatic N) is 1. The third-order valence-electron chi connectivity index (χ3n) is 4.92. The highest BCUT2D eigenvalue weighted by molar-refractivity contribution is 7.89. The van der Waals surface area contributed by atoms with Crippen molar-refractivity contribution in [3.05, 3.63) is 29.8 Å². The van der Waals surface area contributed by atoms with Crippen molar-refractivity contribution < 1.29 is 17.9 Å². The molecule has 3 atom stereocenters. The molecule has 0 saturated carbocycles. The van der Waals surface area contributed by atoms with Crippen molar-refractivity contribution in [2.24, 2.45) is 4.99 Å². The van der Waals surface area contributed by atoms with E-state index in [2.05, 4.69) is 20.3 Å². The van der Waals surface area contributed by atoms with E-state index in [0.29, 0.717) is 25.2 Å². The maximum absolute atomic E-state index is 12.3. The first-order chi connectivity index (χ1) is 13.0. The normalized spacial score (nSPS) is 25.0. The highest BCUT2D eigenvalue weighted by Crippen LogP contribution is 2.34. The van der Waals surface area contributed by atoms with Crippen LogP contribution >= 0.6 is 0 Å². The summed E-state index contributed by atoms with van der Waals surface area (Å²) in [7, 11) is -0.286. The van der Waals surface area contributed by atoms with Crippen LogP contribution in [-0.4, -0.2) is 59.9 Å². The van der Waals surface area contributed by atoms with Crippen molar-refractivity contribution in [3.8, 4) is 0 Å². The number of aliphatic imine (C=N–C) groups is 1. The molecule has 150 valence electrons. The summed E-state index contributed by atoms with van der Waals surface area (Å²) in [4.78, 5) is 4.50. The Labute approximate surface area is 160 Å². The van der Waals surface area contributed by atoms with Crippen molar-refractivity contribution >= 4 is 16.0 Å². The van der Waals surface area contributed by atoms with Gasteiger partial charge in [-0.25, -0.2) is 13.1 Å². The maximum atomic E-state index is 12.3. The fraction of sp³-hybridized carbons (Fsp3) is 0.611. The molecule has 1 aromatic rings. The summed E-state index contributed by atoms with van der Waals surface area (Å²) in [6, 6.07) is 7.15. The van der Waals surface area contributed by atoms with Crippen LogP contribution in [-0.2, 0) is 26.0 Å². The molecule has 0 amide bonds. The third kappa shape index (κ3) is 5.19. The summed E-state index contributed by atoms with van der Waals surface area (Å²) >= 11 is 0. The Bertz CT molecular complexity index is 768. The van der Waals surface area contributed by atoms with Crippen LogP contribution < -0.4 is 15.4 Å². The third-order valence-corrected chi connectivity index (χ3v) is 6.38. The molecule has 0 aliphatic carbocycles. The van der Waals surface area contributed by atoms with Crippen LogP contribution in [0.2, 0.25) is 0 Å². The number of benzene rings is 1. The van der Waals surface area contributed by atoms with Gasteiger partial charge in [0.2, 0.25) is 10.0 Å². The molecule has 3 N–H and O–H groups in total. The van der Waals surface area contributed by atoms with Crippen molar-refractivity contribution in [1.29, 1.82) is 0 Å².